The fourth-order valence-corrected chi connectivity index (χ4v) is 7.35. The summed E-state index contributed by atoms with van der Waals surface area (Å²) in [5.74, 6) is -1.39. The summed E-state index contributed by atoms with van der Waals surface area (Å²) in [6, 6.07) is 22.4. The number of carbonyl (C=O) groups excluding carboxylic acids is 3. The van der Waals surface area contributed by atoms with Gasteiger partial charge in [-0.15, -0.1) is 0 Å². The van der Waals surface area contributed by atoms with Crippen LogP contribution in [0.15, 0.2) is 89.8 Å². The molecule has 12 heteroatoms. The molecule has 0 aliphatic rings. The van der Waals surface area contributed by atoms with Gasteiger partial charge < -0.3 is 25.8 Å². The third-order valence-corrected chi connectivity index (χ3v) is 10.4. The number of hydrogen-bond donors (Lipinski definition) is 3. The molecule has 1 unspecified atom stereocenters. The van der Waals surface area contributed by atoms with Crippen molar-refractivity contribution < 1.29 is 32.3 Å². The SMILES string of the molecule is CC[C@@H](CCC[C@@H](C(=O)OC)N(CCC(C)C)S(=O)(=O)c1ccc(N)cc1)NC(=O)C(NC(=O)OC)C(c1ccccc1)c1ccccc1. The Morgan fingerprint density at radius 1 is 0.796 bits per heavy atom. The van der Waals surface area contributed by atoms with E-state index < -0.39 is 46.0 Å². The van der Waals surface area contributed by atoms with Crippen LogP contribution < -0.4 is 16.4 Å². The van der Waals surface area contributed by atoms with Crippen LogP contribution in [0.5, 0.6) is 0 Å². The summed E-state index contributed by atoms with van der Waals surface area (Å²) in [5.41, 5.74) is 7.90. The zero-order valence-electron chi connectivity index (χ0n) is 29.0. The van der Waals surface area contributed by atoms with E-state index in [4.69, 9.17) is 15.2 Å². The maximum Gasteiger partial charge on any atom is 0.407 e. The quantitative estimate of drug-likeness (QED) is 0.117. The molecule has 49 heavy (non-hydrogen) atoms. The third-order valence-electron chi connectivity index (χ3n) is 8.50. The number of ether oxygens (including phenoxy) is 2. The van der Waals surface area contributed by atoms with E-state index in [0.29, 0.717) is 31.4 Å². The van der Waals surface area contributed by atoms with Gasteiger partial charge in [0.05, 0.1) is 19.1 Å². The van der Waals surface area contributed by atoms with Crippen molar-refractivity contribution in [3.05, 3.63) is 96.1 Å². The molecule has 0 bridgehead atoms. The van der Waals surface area contributed by atoms with Crippen LogP contribution >= 0.6 is 0 Å². The van der Waals surface area contributed by atoms with Crippen LogP contribution in [0, 0.1) is 5.92 Å². The van der Waals surface area contributed by atoms with Gasteiger partial charge in [0.15, 0.2) is 0 Å². The molecule has 0 saturated heterocycles. The lowest BCUT2D eigenvalue weighted by Crippen LogP contribution is -2.52. The molecule has 0 spiro atoms. The van der Waals surface area contributed by atoms with Crippen LogP contribution in [0.1, 0.15) is 69.9 Å². The van der Waals surface area contributed by atoms with Gasteiger partial charge in [-0.05, 0) is 73.4 Å². The molecule has 0 aliphatic carbocycles. The standard InChI is InChI=1S/C37H50N4O7S/c1-6-30(39-35(42)34(40-37(44)48-5)33(27-14-9-7-10-15-27)28-16-11-8-12-17-28)18-13-19-32(36(43)47-4)41(25-24-26(2)3)49(45,46)31-22-20-29(38)21-23-31/h7-12,14-17,20-23,26,30,32-34H,6,13,18-19,24-25,38H2,1-5H3,(H,39,42)(H,40,44)/t30-,32-,34?/m0/s1. The Morgan fingerprint density at radius 2 is 1.37 bits per heavy atom. The normalized spacial score (nSPS) is 13.5. The van der Waals surface area contributed by atoms with E-state index in [2.05, 4.69) is 10.6 Å². The average Bonchev–Trinajstić information content (AvgIpc) is 3.10. The number of carbonyl (C=O) groups is 3. The van der Waals surface area contributed by atoms with Gasteiger partial charge in [-0.25, -0.2) is 13.2 Å². The molecule has 11 nitrogen and oxygen atoms in total. The molecular formula is C37H50N4O7S. The predicted molar refractivity (Wildman–Crippen MR) is 190 cm³/mol. The first-order chi connectivity index (χ1) is 23.4. The van der Waals surface area contributed by atoms with E-state index in [-0.39, 0.29) is 29.8 Å². The number of rotatable bonds is 18. The molecule has 0 radical (unpaired) electrons. The van der Waals surface area contributed by atoms with Crippen LogP contribution in [0.2, 0.25) is 0 Å². The fourth-order valence-electron chi connectivity index (χ4n) is 5.73. The van der Waals surface area contributed by atoms with Gasteiger partial charge in [-0.1, -0.05) is 81.4 Å². The van der Waals surface area contributed by atoms with Crippen molar-refractivity contribution in [3.8, 4) is 0 Å². The molecule has 0 aliphatic heterocycles. The van der Waals surface area contributed by atoms with Crippen LogP contribution in [0.4, 0.5) is 10.5 Å². The average molecular weight is 695 g/mol. The number of hydrogen-bond acceptors (Lipinski definition) is 8. The summed E-state index contributed by atoms with van der Waals surface area (Å²) in [5, 5.41) is 5.84. The molecule has 266 valence electrons. The van der Waals surface area contributed by atoms with Crippen molar-refractivity contribution in [2.45, 2.75) is 81.8 Å². The lowest BCUT2D eigenvalue weighted by molar-refractivity contribution is -0.145. The minimum absolute atomic E-state index is 0.0357. The summed E-state index contributed by atoms with van der Waals surface area (Å²) in [6.07, 6.45) is 1.38. The highest BCUT2D eigenvalue weighted by Crippen LogP contribution is 2.29. The Bertz CT molecular complexity index is 1550. The Labute approximate surface area is 290 Å². The number of nitrogens with one attached hydrogen (secondary N) is 2. The van der Waals surface area contributed by atoms with Crippen LogP contribution in [-0.2, 0) is 29.1 Å². The number of nitrogens with zero attached hydrogens (tertiary/aromatic N) is 1. The third kappa shape index (κ3) is 11.0. The number of benzene rings is 3. The van der Waals surface area contributed by atoms with E-state index in [1.807, 2.05) is 81.4 Å². The first kappa shape index (κ1) is 39.0. The van der Waals surface area contributed by atoms with E-state index >= 15 is 0 Å². The Hall–Kier alpha value is -4.42. The number of anilines is 1. The highest BCUT2D eigenvalue weighted by atomic mass is 32.2. The van der Waals surface area contributed by atoms with Gasteiger partial charge in [0, 0.05) is 24.2 Å². The van der Waals surface area contributed by atoms with Crippen molar-refractivity contribution in [3.63, 3.8) is 0 Å². The largest absolute Gasteiger partial charge is 0.468 e. The van der Waals surface area contributed by atoms with E-state index in [1.165, 1.54) is 42.8 Å². The highest BCUT2D eigenvalue weighted by molar-refractivity contribution is 7.89. The summed E-state index contributed by atoms with van der Waals surface area (Å²) >= 11 is 0. The maximum absolute atomic E-state index is 14.0. The van der Waals surface area contributed by atoms with Gasteiger partial charge in [0.2, 0.25) is 15.9 Å². The second-order valence-corrected chi connectivity index (χ2v) is 14.3. The topological polar surface area (TPSA) is 157 Å². The first-order valence-electron chi connectivity index (χ1n) is 16.6. The van der Waals surface area contributed by atoms with Crippen LogP contribution in [0.3, 0.4) is 0 Å². The highest BCUT2D eigenvalue weighted by Gasteiger charge is 2.37. The molecule has 0 fully saturated rings. The lowest BCUT2D eigenvalue weighted by atomic mass is 9.84. The number of sulfonamides is 1. The monoisotopic (exact) mass is 694 g/mol. The van der Waals surface area contributed by atoms with Crippen LogP contribution in [-0.4, -0.2) is 69.6 Å². The van der Waals surface area contributed by atoms with Gasteiger partial charge in [-0.3, -0.25) is 9.59 Å². The smallest absolute Gasteiger partial charge is 0.407 e. The predicted octanol–water partition coefficient (Wildman–Crippen LogP) is 5.47. The van der Waals surface area contributed by atoms with Gasteiger partial charge in [0.1, 0.15) is 12.1 Å². The van der Waals surface area contributed by atoms with Gasteiger partial charge >= 0.3 is 12.1 Å². The molecule has 2 amide bonds. The molecule has 0 aromatic heterocycles. The number of methoxy groups -OCH3 is 2. The minimum Gasteiger partial charge on any atom is -0.468 e. The number of esters is 1. The number of nitrogen functional groups attached to an aromatic ring is 1. The Morgan fingerprint density at radius 3 is 1.86 bits per heavy atom. The molecule has 3 aromatic carbocycles. The molecule has 4 N–H and O–H groups in total. The molecule has 3 rings (SSSR count). The van der Waals surface area contributed by atoms with Crippen molar-refractivity contribution in [2.75, 3.05) is 26.5 Å². The number of nitrogens with two attached hydrogens (primary N) is 1. The van der Waals surface area contributed by atoms with Crippen molar-refractivity contribution in [1.82, 2.24) is 14.9 Å². The maximum atomic E-state index is 14.0. The second kappa shape index (κ2) is 18.9. The molecule has 0 saturated carbocycles. The van der Waals surface area contributed by atoms with Crippen molar-refractivity contribution >= 4 is 33.7 Å². The second-order valence-electron chi connectivity index (χ2n) is 12.4. The molecule has 3 atom stereocenters. The first-order valence-corrected chi connectivity index (χ1v) is 18.1. The molecular weight excluding hydrogens is 644 g/mol. The molecule has 3 aromatic rings. The van der Waals surface area contributed by atoms with Crippen LogP contribution in [0.25, 0.3) is 0 Å². The van der Waals surface area contributed by atoms with E-state index in [1.54, 1.807) is 0 Å². The Kier molecular flexibility index (Phi) is 15.1. The summed E-state index contributed by atoms with van der Waals surface area (Å²) in [4.78, 5) is 39.7. The van der Waals surface area contributed by atoms with Gasteiger partial charge in [0.25, 0.3) is 0 Å². The number of alkyl carbamates (subject to hydrolysis) is 1. The minimum atomic E-state index is -4.08. The summed E-state index contributed by atoms with van der Waals surface area (Å²) in [6.45, 7) is 6.02. The fraction of sp³-hybridized carbons (Fsp3) is 0.432. The van der Waals surface area contributed by atoms with Crippen molar-refractivity contribution in [1.29, 1.82) is 0 Å². The summed E-state index contributed by atoms with van der Waals surface area (Å²) < 4.78 is 39.0. The van der Waals surface area contributed by atoms with E-state index in [0.717, 1.165) is 11.1 Å². The van der Waals surface area contributed by atoms with E-state index in [9.17, 15) is 22.8 Å². The number of amides is 2. The zero-order chi connectivity index (χ0) is 36.0. The lowest BCUT2D eigenvalue weighted by Gasteiger charge is -2.31. The summed E-state index contributed by atoms with van der Waals surface area (Å²) in [7, 11) is -1.59. The molecule has 0 heterocycles. The Balaban J connectivity index is 1.85. The van der Waals surface area contributed by atoms with Gasteiger partial charge in [-0.2, -0.15) is 4.31 Å². The van der Waals surface area contributed by atoms with Crippen molar-refractivity contribution in [2.24, 2.45) is 5.92 Å². The zero-order valence-corrected chi connectivity index (χ0v) is 29.8.